The topological polar surface area (TPSA) is 26.3 Å². The van der Waals surface area contributed by atoms with Gasteiger partial charge in [-0.1, -0.05) is 33.3 Å². The quantitative estimate of drug-likeness (QED) is 0.740. The van der Waals surface area contributed by atoms with E-state index in [4.69, 9.17) is 4.74 Å². The second kappa shape index (κ2) is 6.59. The Bertz CT molecular complexity index is 510. The van der Waals surface area contributed by atoms with Crippen molar-refractivity contribution < 1.29 is 13.9 Å². The maximum atomic E-state index is 14.1. The van der Waals surface area contributed by atoms with Crippen LogP contribution in [0.4, 0.5) is 4.39 Å². The molecule has 0 spiro atoms. The number of Topliss-reactive ketones (excluding diaryl/α,β-unsaturated/α-hetero) is 1. The second-order valence-corrected chi connectivity index (χ2v) is 6.66. The van der Waals surface area contributed by atoms with Crippen LogP contribution in [0.1, 0.15) is 57.3 Å². The molecule has 1 fully saturated rings. The Morgan fingerprint density at radius 2 is 2.05 bits per heavy atom. The highest BCUT2D eigenvalue weighted by Gasteiger charge is 2.33. The van der Waals surface area contributed by atoms with E-state index in [0.29, 0.717) is 23.3 Å². The van der Waals surface area contributed by atoms with E-state index < -0.39 is 5.82 Å². The molecule has 2 nitrogen and oxygen atoms in total. The molecule has 1 aromatic carbocycles. The van der Waals surface area contributed by atoms with E-state index in [1.165, 1.54) is 19.4 Å². The fraction of sp³-hybridized carbons (Fsp3) is 0.611. The molecule has 0 N–H and O–H groups in total. The third kappa shape index (κ3) is 3.63. The van der Waals surface area contributed by atoms with Crippen LogP contribution in [0.25, 0.3) is 0 Å². The lowest BCUT2D eigenvalue weighted by Gasteiger charge is -2.37. The van der Waals surface area contributed by atoms with Crippen molar-refractivity contribution in [3.8, 4) is 5.75 Å². The van der Waals surface area contributed by atoms with Gasteiger partial charge >= 0.3 is 0 Å². The molecule has 2 rings (SSSR count). The molecule has 0 aromatic heterocycles. The van der Waals surface area contributed by atoms with Gasteiger partial charge < -0.3 is 4.74 Å². The van der Waals surface area contributed by atoms with Crippen LogP contribution in [-0.2, 0) is 0 Å². The maximum absolute atomic E-state index is 14.1. The summed E-state index contributed by atoms with van der Waals surface area (Å²) in [6, 6.07) is 4.55. The van der Waals surface area contributed by atoms with Crippen molar-refractivity contribution >= 4 is 5.78 Å². The summed E-state index contributed by atoms with van der Waals surface area (Å²) in [5, 5.41) is 0. The molecule has 3 unspecified atom stereocenters. The number of para-hydroxylation sites is 1. The summed E-state index contributed by atoms with van der Waals surface area (Å²) in [5.74, 6) is 1.03. The molecule has 0 aliphatic heterocycles. The van der Waals surface area contributed by atoms with Crippen molar-refractivity contribution in [2.45, 2.75) is 53.1 Å². The molecular formula is C18H25FO2. The van der Waals surface area contributed by atoms with Gasteiger partial charge in [0.15, 0.2) is 17.3 Å². The Kier molecular flexibility index (Phi) is 5.02. The van der Waals surface area contributed by atoms with Crippen molar-refractivity contribution in [3.63, 3.8) is 0 Å². The average Bonchev–Trinajstić information content (AvgIpc) is 2.40. The molecular weight excluding hydrogens is 267 g/mol. The first-order valence-corrected chi connectivity index (χ1v) is 7.86. The van der Waals surface area contributed by atoms with Crippen molar-refractivity contribution in [2.75, 3.05) is 0 Å². The Morgan fingerprint density at radius 3 is 2.67 bits per heavy atom. The van der Waals surface area contributed by atoms with E-state index in [0.717, 1.165) is 12.8 Å². The molecule has 3 atom stereocenters. The number of ketones is 1. The Hall–Kier alpha value is -1.38. The van der Waals surface area contributed by atoms with E-state index >= 15 is 0 Å². The van der Waals surface area contributed by atoms with Crippen molar-refractivity contribution in [3.05, 3.63) is 29.6 Å². The van der Waals surface area contributed by atoms with Gasteiger partial charge in [-0.15, -0.1) is 0 Å². The lowest BCUT2D eigenvalue weighted by Crippen LogP contribution is -2.36. The van der Waals surface area contributed by atoms with Gasteiger partial charge in [0, 0.05) is 0 Å². The second-order valence-electron chi connectivity index (χ2n) is 6.66. The average molecular weight is 292 g/mol. The number of ether oxygens (including phenoxy) is 1. The third-order valence-corrected chi connectivity index (χ3v) is 4.58. The van der Waals surface area contributed by atoms with Crippen molar-refractivity contribution in [1.82, 2.24) is 0 Å². The molecule has 3 heteroatoms. The van der Waals surface area contributed by atoms with Gasteiger partial charge in [0.2, 0.25) is 0 Å². The number of carbonyl (C=O) groups is 1. The molecule has 1 aromatic rings. The predicted molar refractivity (Wildman–Crippen MR) is 82.2 cm³/mol. The smallest absolute Gasteiger partial charge is 0.166 e. The molecule has 0 bridgehead atoms. The number of halogens is 1. The zero-order valence-corrected chi connectivity index (χ0v) is 13.4. The number of rotatable bonds is 4. The van der Waals surface area contributed by atoms with Gasteiger partial charge in [0.25, 0.3) is 0 Å². The van der Waals surface area contributed by atoms with Gasteiger partial charge in [0.1, 0.15) is 6.10 Å². The number of carbonyl (C=O) groups excluding carboxylic acids is 1. The lowest BCUT2D eigenvalue weighted by atomic mass is 9.75. The molecule has 1 aliphatic carbocycles. The fourth-order valence-electron chi connectivity index (χ4n) is 3.31. The third-order valence-electron chi connectivity index (χ3n) is 4.58. The van der Waals surface area contributed by atoms with E-state index in [2.05, 4.69) is 20.8 Å². The van der Waals surface area contributed by atoms with E-state index in [-0.39, 0.29) is 17.6 Å². The molecule has 0 radical (unpaired) electrons. The molecule has 116 valence electrons. The molecule has 0 saturated heterocycles. The van der Waals surface area contributed by atoms with Gasteiger partial charge in [0.05, 0.1) is 5.56 Å². The lowest BCUT2D eigenvalue weighted by molar-refractivity contribution is 0.0423. The minimum Gasteiger partial charge on any atom is -0.486 e. The van der Waals surface area contributed by atoms with Gasteiger partial charge in [-0.25, -0.2) is 4.39 Å². The van der Waals surface area contributed by atoms with Gasteiger partial charge in [-0.3, -0.25) is 4.79 Å². The van der Waals surface area contributed by atoms with Gasteiger partial charge in [-0.2, -0.15) is 0 Å². The molecule has 1 saturated carbocycles. The molecule has 21 heavy (non-hydrogen) atoms. The van der Waals surface area contributed by atoms with E-state index in [9.17, 15) is 9.18 Å². The summed E-state index contributed by atoms with van der Waals surface area (Å²) in [7, 11) is 0. The van der Waals surface area contributed by atoms with Crippen LogP contribution in [0.2, 0.25) is 0 Å². The van der Waals surface area contributed by atoms with Crippen LogP contribution in [0.5, 0.6) is 5.75 Å². The van der Waals surface area contributed by atoms with Crippen LogP contribution >= 0.6 is 0 Å². The first-order valence-electron chi connectivity index (χ1n) is 7.86. The minimum atomic E-state index is -0.441. The Balaban J connectivity index is 2.28. The van der Waals surface area contributed by atoms with Crippen LogP contribution < -0.4 is 4.74 Å². The largest absolute Gasteiger partial charge is 0.486 e. The Labute approximate surface area is 126 Å². The summed E-state index contributed by atoms with van der Waals surface area (Å²) >= 11 is 0. The summed E-state index contributed by atoms with van der Waals surface area (Å²) in [6.45, 7) is 8.03. The van der Waals surface area contributed by atoms with Crippen LogP contribution in [0.15, 0.2) is 18.2 Å². The normalized spacial score (nSPS) is 25.9. The standard InChI is InChI=1S/C18H25FO2/c1-11(2)14-9-8-12(3)10-17(14)21-18-15(13(4)20)6-5-7-16(18)19/h5-7,11-12,14,17H,8-10H2,1-4H3. The van der Waals surface area contributed by atoms with E-state index in [1.807, 2.05) is 0 Å². The van der Waals surface area contributed by atoms with Crippen LogP contribution in [0.3, 0.4) is 0 Å². The van der Waals surface area contributed by atoms with Crippen molar-refractivity contribution in [2.24, 2.45) is 17.8 Å². The minimum absolute atomic E-state index is 0.0104. The highest BCUT2D eigenvalue weighted by atomic mass is 19.1. The van der Waals surface area contributed by atoms with Crippen LogP contribution in [0, 0.1) is 23.6 Å². The molecule has 1 aliphatic rings. The number of benzene rings is 1. The van der Waals surface area contributed by atoms with Gasteiger partial charge in [-0.05, 0) is 49.7 Å². The maximum Gasteiger partial charge on any atom is 0.166 e. The first kappa shape index (κ1) is 16.0. The SMILES string of the molecule is CC(=O)c1cccc(F)c1OC1CC(C)CCC1C(C)C. The molecule has 0 amide bonds. The Morgan fingerprint density at radius 1 is 1.33 bits per heavy atom. The molecule has 0 heterocycles. The fourth-order valence-corrected chi connectivity index (χ4v) is 3.31. The summed E-state index contributed by atoms with van der Waals surface area (Å²) < 4.78 is 20.1. The first-order chi connectivity index (χ1) is 9.90. The predicted octanol–water partition coefficient (Wildman–Crippen LogP) is 4.87. The summed E-state index contributed by atoms with van der Waals surface area (Å²) in [6.07, 6.45) is 3.21. The monoisotopic (exact) mass is 292 g/mol. The zero-order valence-electron chi connectivity index (χ0n) is 13.4. The highest BCUT2D eigenvalue weighted by Crippen LogP contribution is 2.37. The van der Waals surface area contributed by atoms with E-state index in [1.54, 1.807) is 12.1 Å². The van der Waals surface area contributed by atoms with Crippen LogP contribution in [-0.4, -0.2) is 11.9 Å². The summed E-state index contributed by atoms with van der Waals surface area (Å²) in [4.78, 5) is 11.7. The zero-order chi connectivity index (χ0) is 15.6. The highest BCUT2D eigenvalue weighted by molar-refractivity contribution is 5.96. The summed E-state index contributed by atoms with van der Waals surface area (Å²) in [5.41, 5.74) is 0.343. The van der Waals surface area contributed by atoms with Crippen molar-refractivity contribution in [1.29, 1.82) is 0 Å². The number of hydrogen-bond donors (Lipinski definition) is 0. The number of hydrogen-bond acceptors (Lipinski definition) is 2.